The number of carbonyl (C=O) groups excluding carboxylic acids is 4. The minimum Gasteiger partial charge on any atom is -0.461 e. The number of hydrogen-bond acceptors (Lipinski definition) is 8. The number of amides is 4. The molecule has 2 aromatic heterocycles. The van der Waals surface area contributed by atoms with Gasteiger partial charge in [-0.1, -0.05) is 17.7 Å². The first-order valence-corrected chi connectivity index (χ1v) is 15.3. The van der Waals surface area contributed by atoms with Crippen LogP contribution in [0.3, 0.4) is 0 Å². The van der Waals surface area contributed by atoms with E-state index in [2.05, 4.69) is 37.9 Å². The maximum Gasteiger partial charge on any atom is 0.435 e. The highest BCUT2D eigenvalue weighted by Crippen LogP contribution is 2.45. The molecular formula is C30H31ClF3N9O5. The lowest BCUT2D eigenvalue weighted by Gasteiger charge is -2.25. The third-order valence-electron chi connectivity index (χ3n) is 8.76. The number of imidazole rings is 1. The third kappa shape index (κ3) is 6.47. The van der Waals surface area contributed by atoms with Crippen molar-refractivity contribution < 1.29 is 37.1 Å². The Hall–Kier alpha value is -4.90. The van der Waals surface area contributed by atoms with Crippen molar-refractivity contribution in [2.75, 3.05) is 31.5 Å². The van der Waals surface area contributed by atoms with Crippen LogP contribution in [-0.4, -0.2) is 92.9 Å². The van der Waals surface area contributed by atoms with Crippen molar-refractivity contribution in [1.29, 1.82) is 0 Å². The monoisotopic (exact) mass is 689 g/mol. The van der Waals surface area contributed by atoms with Gasteiger partial charge in [-0.05, 0) is 18.2 Å². The van der Waals surface area contributed by atoms with Gasteiger partial charge in [-0.2, -0.15) is 18.3 Å². The number of nitrogens with one attached hydrogen (secondary N) is 4. The first-order chi connectivity index (χ1) is 22.9. The Morgan fingerprint density at radius 1 is 1.17 bits per heavy atom. The number of halogens is 4. The van der Waals surface area contributed by atoms with Gasteiger partial charge in [0.1, 0.15) is 6.10 Å². The summed E-state index contributed by atoms with van der Waals surface area (Å²) in [6.45, 7) is 5.82. The number of nitrogens with zero attached hydrogens (tertiary/aromatic N) is 5. The molecule has 4 heterocycles. The molecule has 2 saturated heterocycles. The number of piperidine rings is 1. The summed E-state index contributed by atoms with van der Waals surface area (Å²) in [5.41, 5.74) is -0.905. The molecule has 48 heavy (non-hydrogen) atoms. The van der Waals surface area contributed by atoms with E-state index in [0.717, 1.165) is 10.9 Å². The first kappa shape index (κ1) is 33.0. The number of anilines is 1. The van der Waals surface area contributed by atoms with E-state index in [1.807, 2.05) is 0 Å². The second-order valence-electron chi connectivity index (χ2n) is 11.8. The highest BCUT2D eigenvalue weighted by atomic mass is 35.5. The van der Waals surface area contributed by atoms with Crippen LogP contribution in [0.2, 0.25) is 5.02 Å². The number of ether oxygens (including phenoxy) is 1. The molecule has 4 amide bonds. The summed E-state index contributed by atoms with van der Waals surface area (Å²) < 4.78 is 48.4. The smallest absolute Gasteiger partial charge is 0.435 e. The van der Waals surface area contributed by atoms with Crippen LogP contribution in [0.15, 0.2) is 43.2 Å². The van der Waals surface area contributed by atoms with Crippen LogP contribution in [0.1, 0.15) is 26.7 Å². The van der Waals surface area contributed by atoms with E-state index in [9.17, 15) is 32.3 Å². The summed E-state index contributed by atoms with van der Waals surface area (Å²) in [7, 11) is 1.41. The van der Waals surface area contributed by atoms with Crippen LogP contribution in [-0.2, 0) is 29.3 Å². The molecule has 2 aliphatic heterocycles. The summed E-state index contributed by atoms with van der Waals surface area (Å²) in [4.78, 5) is 55.2. The number of fused-ring (bicyclic) bond motifs is 1. The lowest BCUT2D eigenvalue weighted by molar-refractivity contribution is -0.141. The van der Waals surface area contributed by atoms with Crippen molar-refractivity contribution >= 4 is 41.6 Å². The van der Waals surface area contributed by atoms with Gasteiger partial charge in [0.15, 0.2) is 11.5 Å². The van der Waals surface area contributed by atoms with Gasteiger partial charge in [0, 0.05) is 63.0 Å². The Bertz CT molecular complexity index is 1760. The second-order valence-corrected chi connectivity index (χ2v) is 12.2. The SMILES string of the molecule is C=CCn1cc(-c2cnc(C(=O)Nc3ccc(C(=O)N[C@@H]4[C@@H]5CN(C(=O)N[C@@H]6CNC[C@H]6OC=O)C[C@@H]54)c(Cl)c3)n2C)c(C(F)(F)F)n1. The van der Waals surface area contributed by atoms with Crippen molar-refractivity contribution in [1.82, 2.24) is 40.2 Å². The highest BCUT2D eigenvalue weighted by molar-refractivity contribution is 6.34. The molecule has 254 valence electrons. The summed E-state index contributed by atoms with van der Waals surface area (Å²) in [6, 6.07) is 3.61. The summed E-state index contributed by atoms with van der Waals surface area (Å²) >= 11 is 6.41. The number of hydrogen-bond donors (Lipinski definition) is 4. The largest absolute Gasteiger partial charge is 0.461 e. The maximum absolute atomic E-state index is 13.7. The van der Waals surface area contributed by atoms with Gasteiger partial charge in [-0.15, -0.1) is 6.58 Å². The molecule has 3 aromatic rings. The molecule has 3 fully saturated rings. The molecule has 4 N–H and O–H groups in total. The maximum atomic E-state index is 13.7. The van der Waals surface area contributed by atoms with Crippen LogP contribution in [0.25, 0.3) is 11.3 Å². The number of aromatic nitrogens is 4. The van der Waals surface area contributed by atoms with Crippen molar-refractivity contribution in [3.63, 3.8) is 0 Å². The Morgan fingerprint density at radius 2 is 1.92 bits per heavy atom. The number of carbonyl (C=O) groups is 4. The molecule has 1 saturated carbocycles. The summed E-state index contributed by atoms with van der Waals surface area (Å²) in [6.07, 6.45) is -1.38. The highest BCUT2D eigenvalue weighted by Gasteiger charge is 2.57. The zero-order valence-electron chi connectivity index (χ0n) is 25.5. The minimum absolute atomic E-state index is 0.0328. The molecule has 0 bridgehead atoms. The quantitative estimate of drug-likeness (QED) is 0.186. The molecule has 18 heteroatoms. The van der Waals surface area contributed by atoms with Crippen LogP contribution in [0, 0.1) is 11.8 Å². The fraction of sp³-hybridized carbons (Fsp3) is 0.400. The first-order valence-electron chi connectivity index (χ1n) is 14.9. The number of allylic oxidation sites excluding steroid dienone is 1. The molecule has 0 spiro atoms. The molecule has 6 rings (SSSR count). The third-order valence-corrected chi connectivity index (χ3v) is 9.07. The number of alkyl halides is 3. The molecule has 0 unspecified atom stereocenters. The van der Waals surface area contributed by atoms with Crippen LogP contribution >= 0.6 is 11.6 Å². The summed E-state index contributed by atoms with van der Waals surface area (Å²) in [5, 5.41) is 15.2. The standard InChI is InChI=1S/C30H31ClF3N9O5/c1-3-6-43-13-19(25(40-43)30(32,33)34)22-9-36-26(41(22)2)28(46)37-15-4-5-16(20(31)7-15)27(45)39-24-17-11-42(12-18(17)24)29(47)38-21-8-35-10-23(21)48-14-44/h3-5,7,9,13-14,17-18,21,23-24,35H,1,6,8,10-12H2,2H3,(H,37,46)(H,38,47)(H,39,45)/t17-,18+,21-,23-,24-/m1/s1. The predicted molar refractivity (Wildman–Crippen MR) is 165 cm³/mol. The van der Waals surface area contributed by atoms with E-state index in [-0.39, 0.29) is 69.9 Å². The number of rotatable bonds is 10. The Labute approximate surface area is 276 Å². The zero-order valence-corrected chi connectivity index (χ0v) is 26.2. The second kappa shape index (κ2) is 13.0. The van der Waals surface area contributed by atoms with E-state index in [1.54, 1.807) is 4.90 Å². The Balaban J connectivity index is 1.04. The average Bonchev–Trinajstić information content (AvgIpc) is 3.60. The van der Waals surface area contributed by atoms with Crippen molar-refractivity contribution in [3.05, 3.63) is 65.4 Å². The van der Waals surface area contributed by atoms with Crippen LogP contribution < -0.4 is 21.3 Å². The lowest BCUT2D eigenvalue weighted by atomic mass is 10.2. The molecule has 1 aromatic carbocycles. The molecular weight excluding hydrogens is 659 g/mol. The zero-order chi connectivity index (χ0) is 34.3. The van der Waals surface area contributed by atoms with Crippen molar-refractivity contribution in [2.45, 2.75) is 30.9 Å². The Kier molecular flexibility index (Phi) is 8.91. The van der Waals surface area contributed by atoms with E-state index < -0.39 is 29.8 Å². The van der Waals surface area contributed by atoms with E-state index in [4.69, 9.17) is 16.3 Å². The lowest BCUT2D eigenvalue weighted by Crippen LogP contribution is -2.50. The topological polar surface area (TPSA) is 165 Å². The molecule has 3 aliphatic rings. The van der Waals surface area contributed by atoms with E-state index in [1.165, 1.54) is 42.1 Å². The van der Waals surface area contributed by atoms with Gasteiger partial charge in [0.25, 0.3) is 18.3 Å². The van der Waals surface area contributed by atoms with Crippen molar-refractivity contribution in [3.8, 4) is 11.3 Å². The molecule has 0 radical (unpaired) electrons. The normalized spacial score (nSPS) is 22.9. The van der Waals surface area contributed by atoms with E-state index >= 15 is 0 Å². The van der Waals surface area contributed by atoms with E-state index in [0.29, 0.717) is 32.7 Å². The van der Waals surface area contributed by atoms with Crippen LogP contribution in [0.5, 0.6) is 0 Å². The minimum atomic E-state index is -4.74. The fourth-order valence-electron chi connectivity index (χ4n) is 6.28. The van der Waals surface area contributed by atoms with Crippen molar-refractivity contribution in [2.24, 2.45) is 18.9 Å². The fourth-order valence-corrected chi connectivity index (χ4v) is 6.54. The average molecular weight is 690 g/mol. The van der Waals surface area contributed by atoms with Gasteiger partial charge >= 0.3 is 12.2 Å². The number of urea groups is 1. The van der Waals surface area contributed by atoms with Crippen LogP contribution in [0.4, 0.5) is 23.7 Å². The number of benzene rings is 1. The molecule has 5 atom stereocenters. The van der Waals surface area contributed by atoms with Gasteiger partial charge in [-0.25, -0.2) is 9.78 Å². The Morgan fingerprint density at radius 3 is 2.58 bits per heavy atom. The number of likely N-dealkylation sites (tertiary alicyclic amines) is 1. The predicted octanol–water partition coefficient (Wildman–Crippen LogP) is 2.28. The van der Waals surface area contributed by atoms with Gasteiger partial charge < -0.3 is 35.5 Å². The molecule has 14 nitrogen and oxygen atoms in total. The van der Waals surface area contributed by atoms with Gasteiger partial charge in [0.2, 0.25) is 0 Å². The molecule has 1 aliphatic carbocycles. The van der Waals surface area contributed by atoms with Gasteiger partial charge in [0.05, 0.1) is 40.6 Å². The van der Waals surface area contributed by atoms with Gasteiger partial charge in [-0.3, -0.25) is 19.1 Å². The summed E-state index contributed by atoms with van der Waals surface area (Å²) in [5.74, 6) is -1.10.